The van der Waals surface area contributed by atoms with E-state index in [2.05, 4.69) is 0 Å². The molecule has 13 heavy (non-hydrogen) atoms. The molecule has 0 N–H and O–H groups in total. The minimum absolute atomic E-state index is 0.101. The van der Waals surface area contributed by atoms with Gasteiger partial charge in [-0.1, -0.05) is 0 Å². The fourth-order valence-corrected chi connectivity index (χ4v) is 2.20. The first-order valence-corrected chi connectivity index (χ1v) is 4.76. The van der Waals surface area contributed by atoms with E-state index in [1.807, 2.05) is 6.08 Å². The van der Waals surface area contributed by atoms with Gasteiger partial charge >= 0.3 is 0 Å². The number of ether oxygens (including phenoxy) is 1. The summed E-state index contributed by atoms with van der Waals surface area (Å²) in [6, 6.07) is 0. The first kappa shape index (κ1) is 8.70. The lowest BCUT2D eigenvalue weighted by Crippen LogP contribution is -2.36. The number of rotatable bonds is 1. The summed E-state index contributed by atoms with van der Waals surface area (Å²) < 4.78 is 5.52. The zero-order valence-electron chi connectivity index (χ0n) is 7.88. The topological polar surface area (TPSA) is 26.3 Å². The fourth-order valence-electron chi connectivity index (χ4n) is 2.20. The molecular weight excluding hydrogens is 164 g/mol. The van der Waals surface area contributed by atoms with E-state index in [9.17, 15) is 4.79 Å². The van der Waals surface area contributed by atoms with Gasteiger partial charge in [-0.2, -0.15) is 0 Å². The number of fused-ring (bicyclic) bond motifs is 1. The quantitative estimate of drug-likeness (QED) is 0.614. The summed E-state index contributed by atoms with van der Waals surface area (Å²) in [5, 5.41) is 0. The van der Waals surface area contributed by atoms with Gasteiger partial charge in [-0.15, -0.1) is 0 Å². The van der Waals surface area contributed by atoms with Crippen molar-refractivity contribution in [1.29, 1.82) is 0 Å². The van der Waals surface area contributed by atoms with Crippen molar-refractivity contribution < 1.29 is 9.53 Å². The molecule has 2 heteroatoms. The Kier molecular flexibility index (Phi) is 2.08. The molecule has 0 aromatic heterocycles. The van der Waals surface area contributed by atoms with Gasteiger partial charge in [0.25, 0.3) is 0 Å². The van der Waals surface area contributed by atoms with Crippen LogP contribution in [0.15, 0.2) is 23.8 Å². The molecule has 1 unspecified atom stereocenters. The molecule has 0 aromatic rings. The fraction of sp³-hybridized carbons (Fsp3) is 0.545. The highest BCUT2D eigenvalue weighted by Gasteiger charge is 2.35. The van der Waals surface area contributed by atoms with Crippen LogP contribution in [0.3, 0.4) is 0 Å². The number of allylic oxidation sites excluding steroid dienone is 2. The molecule has 1 saturated carbocycles. The van der Waals surface area contributed by atoms with E-state index in [0.717, 1.165) is 18.4 Å². The van der Waals surface area contributed by atoms with Crippen LogP contribution in [0.25, 0.3) is 0 Å². The minimum atomic E-state index is -0.244. The van der Waals surface area contributed by atoms with Gasteiger partial charge in [0.15, 0.2) is 5.78 Å². The Morgan fingerprint density at radius 2 is 2.31 bits per heavy atom. The number of hydrogen-bond donors (Lipinski definition) is 0. The van der Waals surface area contributed by atoms with Crippen LogP contribution in [0.2, 0.25) is 0 Å². The summed E-state index contributed by atoms with van der Waals surface area (Å²) in [7, 11) is 1.72. The van der Waals surface area contributed by atoms with E-state index in [1.54, 1.807) is 19.3 Å². The summed E-state index contributed by atoms with van der Waals surface area (Å²) in [5.74, 6) is 0.101. The molecule has 0 spiro atoms. The Balaban J connectivity index is 2.35. The monoisotopic (exact) mass is 178 g/mol. The lowest BCUT2D eigenvalue weighted by Gasteiger charge is -2.37. The Hall–Kier alpha value is -0.890. The highest BCUT2D eigenvalue weighted by atomic mass is 16.5. The zero-order valence-corrected chi connectivity index (χ0v) is 7.88. The molecular formula is C11H14O2. The molecule has 0 bridgehead atoms. The van der Waals surface area contributed by atoms with E-state index in [0.29, 0.717) is 0 Å². The molecule has 2 nitrogen and oxygen atoms in total. The predicted octanol–water partition coefficient (Wildman–Crippen LogP) is 2.01. The second-order valence-electron chi connectivity index (χ2n) is 3.71. The maximum absolute atomic E-state index is 11.2. The Morgan fingerprint density at radius 1 is 1.46 bits per heavy atom. The van der Waals surface area contributed by atoms with Crippen molar-refractivity contribution in [3.63, 3.8) is 0 Å². The van der Waals surface area contributed by atoms with E-state index >= 15 is 0 Å². The predicted molar refractivity (Wildman–Crippen MR) is 50.4 cm³/mol. The van der Waals surface area contributed by atoms with Crippen molar-refractivity contribution in [3.05, 3.63) is 23.8 Å². The van der Waals surface area contributed by atoms with Crippen molar-refractivity contribution in [1.82, 2.24) is 0 Å². The van der Waals surface area contributed by atoms with Gasteiger partial charge in [-0.25, -0.2) is 0 Å². The maximum Gasteiger partial charge on any atom is 0.178 e. The highest BCUT2D eigenvalue weighted by Crippen LogP contribution is 2.38. The number of hydrogen-bond acceptors (Lipinski definition) is 2. The Labute approximate surface area is 78.3 Å². The zero-order chi connectivity index (χ0) is 9.31. The van der Waals surface area contributed by atoms with Gasteiger partial charge in [0, 0.05) is 7.11 Å². The second-order valence-corrected chi connectivity index (χ2v) is 3.71. The minimum Gasteiger partial charge on any atom is -0.370 e. The van der Waals surface area contributed by atoms with Crippen molar-refractivity contribution in [3.8, 4) is 0 Å². The maximum atomic E-state index is 11.2. The lowest BCUT2D eigenvalue weighted by molar-refractivity contribution is -0.111. The third-order valence-corrected chi connectivity index (χ3v) is 2.99. The smallest absolute Gasteiger partial charge is 0.178 e. The highest BCUT2D eigenvalue weighted by molar-refractivity contribution is 6.01. The summed E-state index contributed by atoms with van der Waals surface area (Å²) in [6.07, 6.45) is 9.66. The van der Waals surface area contributed by atoms with Crippen LogP contribution in [0.4, 0.5) is 0 Å². The molecule has 0 aromatic carbocycles. The van der Waals surface area contributed by atoms with Gasteiger partial charge in [0.05, 0.1) is 0 Å². The molecule has 2 aliphatic carbocycles. The van der Waals surface area contributed by atoms with Gasteiger partial charge in [-0.05, 0) is 49.5 Å². The van der Waals surface area contributed by atoms with E-state index < -0.39 is 0 Å². The number of carbonyl (C=O) groups is 1. The summed E-state index contributed by atoms with van der Waals surface area (Å²) in [5.41, 5.74) is 0.917. The first-order valence-electron chi connectivity index (χ1n) is 4.76. The van der Waals surface area contributed by atoms with Gasteiger partial charge in [-0.3, -0.25) is 4.79 Å². The SMILES string of the molecule is COC12C=CC(=O)C=C1CCCC2. The lowest BCUT2D eigenvalue weighted by atomic mass is 9.77. The molecule has 2 rings (SSSR count). The summed E-state index contributed by atoms with van der Waals surface area (Å²) in [4.78, 5) is 11.2. The van der Waals surface area contributed by atoms with Crippen LogP contribution in [0.1, 0.15) is 25.7 Å². The molecule has 2 aliphatic rings. The van der Waals surface area contributed by atoms with Gasteiger partial charge in [0.1, 0.15) is 5.60 Å². The van der Waals surface area contributed by atoms with Crippen LogP contribution in [0, 0.1) is 0 Å². The standard InChI is InChI=1S/C11H14O2/c1-13-11-6-3-2-4-9(11)8-10(12)5-7-11/h5,7-8H,2-4,6H2,1H3. The van der Waals surface area contributed by atoms with E-state index in [-0.39, 0.29) is 11.4 Å². The van der Waals surface area contributed by atoms with Crippen LogP contribution < -0.4 is 0 Å². The van der Waals surface area contributed by atoms with Crippen LogP contribution >= 0.6 is 0 Å². The largest absolute Gasteiger partial charge is 0.370 e. The summed E-state index contributed by atoms with van der Waals surface area (Å²) >= 11 is 0. The molecule has 0 heterocycles. The second kappa shape index (κ2) is 3.11. The number of methoxy groups -OCH3 is 1. The van der Waals surface area contributed by atoms with E-state index in [4.69, 9.17) is 4.74 Å². The molecule has 0 amide bonds. The van der Waals surface area contributed by atoms with Crippen LogP contribution in [-0.2, 0) is 9.53 Å². The third kappa shape index (κ3) is 1.35. The first-order chi connectivity index (χ1) is 6.27. The summed E-state index contributed by atoms with van der Waals surface area (Å²) in [6.45, 7) is 0. The normalized spacial score (nSPS) is 32.7. The van der Waals surface area contributed by atoms with Gasteiger partial charge in [0.2, 0.25) is 0 Å². The third-order valence-electron chi connectivity index (χ3n) is 2.99. The molecule has 0 radical (unpaired) electrons. The molecule has 0 aliphatic heterocycles. The molecule has 1 atom stereocenters. The molecule has 1 fully saturated rings. The molecule has 0 saturated heterocycles. The van der Waals surface area contributed by atoms with Crippen LogP contribution in [0.5, 0.6) is 0 Å². The Bertz CT molecular complexity index is 288. The number of carbonyl (C=O) groups excluding carboxylic acids is 1. The average Bonchev–Trinajstić information content (AvgIpc) is 2.18. The van der Waals surface area contributed by atoms with Crippen molar-refractivity contribution in [2.45, 2.75) is 31.3 Å². The van der Waals surface area contributed by atoms with Crippen molar-refractivity contribution >= 4 is 5.78 Å². The van der Waals surface area contributed by atoms with Crippen LogP contribution in [-0.4, -0.2) is 18.5 Å². The van der Waals surface area contributed by atoms with Gasteiger partial charge < -0.3 is 4.74 Å². The van der Waals surface area contributed by atoms with Crippen molar-refractivity contribution in [2.75, 3.05) is 7.11 Å². The van der Waals surface area contributed by atoms with Crippen molar-refractivity contribution in [2.24, 2.45) is 0 Å². The number of ketones is 1. The molecule has 70 valence electrons. The Morgan fingerprint density at radius 3 is 3.08 bits per heavy atom. The van der Waals surface area contributed by atoms with E-state index in [1.165, 1.54) is 12.8 Å². The average molecular weight is 178 g/mol.